The Morgan fingerprint density at radius 1 is 1.19 bits per heavy atom. The van der Waals surface area contributed by atoms with Gasteiger partial charge >= 0.3 is 6.18 Å². The fourth-order valence-corrected chi connectivity index (χ4v) is 3.45. The quantitative estimate of drug-likeness (QED) is 0.319. The molecule has 0 aliphatic rings. The van der Waals surface area contributed by atoms with Crippen LogP contribution < -0.4 is 10.1 Å². The Kier molecular flexibility index (Phi) is 6.54. The summed E-state index contributed by atoms with van der Waals surface area (Å²) >= 11 is 17.5. The summed E-state index contributed by atoms with van der Waals surface area (Å²) in [6, 6.07) is 7.54. The molecule has 0 aliphatic carbocycles. The number of aromatic nitrogens is 2. The Hall–Kier alpha value is -3.02. The highest BCUT2D eigenvalue weighted by molar-refractivity contribution is 6.35. The molecular formula is C18H10Cl3F3N4O4. The normalized spacial score (nSPS) is 11.3. The maximum Gasteiger partial charge on any atom is 0.434 e. The Morgan fingerprint density at radius 2 is 1.88 bits per heavy atom. The van der Waals surface area contributed by atoms with Crippen molar-refractivity contribution in [1.82, 2.24) is 9.78 Å². The van der Waals surface area contributed by atoms with Gasteiger partial charge in [0.25, 0.3) is 11.6 Å². The van der Waals surface area contributed by atoms with Gasteiger partial charge in [0.05, 0.1) is 21.7 Å². The standard InChI is InChI=1S/C18H10Cl3F3N4O4/c1-27-16(18(22,23)24)14(21)15(26-27)17(29)25-9-5-10(28(30)31)7-11(6-9)32-13-3-2-8(19)4-12(13)20/h2-7H,1H3,(H,25,29). The van der Waals surface area contributed by atoms with E-state index in [9.17, 15) is 28.1 Å². The molecule has 0 saturated carbocycles. The van der Waals surface area contributed by atoms with E-state index in [1.807, 2.05) is 0 Å². The summed E-state index contributed by atoms with van der Waals surface area (Å²) < 4.78 is 45.2. The number of hydrogen-bond acceptors (Lipinski definition) is 5. The minimum Gasteiger partial charge on any atom is -0.455 e. The van der Waals surface area contributed by atoms with Gasteiger partial charge in [-0.15, -0.1) is 0 Å². The molecule has 32 heavy (non-hydrogen) atoms. The highest BCUT2D eigenvalue weighted by Gasteiger charge is 2.40. The van der Waals surface area contributed by atoms with Crippen molar-refractivity contribution in [2.75, 3.05) is 5.32 Å². The molecule has 8 nitrogen and oxygen atoms in total. The van der Waals surface area contributed by atoms with E-state index in [4.69, 9.17) is 39.5 Å². The highest BCUT2D eigenvalue weighted by atomic mass is 35.5. The van der Waals surface area contributed by atoms with E-state index in [-0.39, 0.29) is 22.2 Å². The van der Waals surface area contributed by atoms with Gasteiger partial charge in [0.1, 0.15) is 16.5 Å². The third kappa shape index (κ3) is 5.06. The first-order valence-electron chi connectivity index (χ1n) is 8.40. The van der Waals surface area contributed by atoms with Crippen molar-refractivity contribution < 1.29 is 27.6 Å². The lowest BCUT2D eigenvalue weighted by molar-refractivity contribution is -0.384. The zero-order valence-electron chi connectivity index (χ0n) is 15.7. The number of alkyl halides is 3. The smallest absolute Gasteiger partial charge is 0.434 e. The van der Waals surface area contributed by atoms with E-state index in [2.05, 4.69) is 10.4 Å². The number of nitro groups is 1. The molecule has 14 heteroatoms. The van der Waals surface area contributed by atoms with Crippen LogP contribution in [0.25, 0.3) is 0 Å². The molecule has 1 heterocycles. The van der Waals surface area contributed by atoms with Crippen molar-refractivity contribution in [2.45, 2.75) is 6.18 Å². The molecule has 1 aromatic heterocycles. The average Bonchev–Trinajstić information content (AvgIpc) is 2.98. The number of halogens is 6. The topological polar surface area (TPSA) is 99.3 Å². The fourth-order valence-electron chi connectivity index (χ4n) is 2.65. The van der Waals surface area contributed by atoms with E-state index >= 15 is 0 Å². The fraction of sp³-hybridized carbons (Fsp3) is 0.111. The summed E-state index contributed by atoms with van der Waals surface area (Å²) in [7, 11) is 0.973. The van der Waals surface area contributed by atoms with Crippen LogP contribution in [0.4, 0.5) is 24.5 Å². The first-order chi connectivity index (χ1) is 14.9. The summed E-state index contributed by atoms with van der Waals surface area (Å²) in [5.74, 6) is -1.07. The van der Waals surface area contributed by atoms with Gasteiger partial charge in [-0.1, -0.05) is 34.8 Å². The van der Waals surface area contributed by atoms with Gasteiger partial charge in [-0.3, -0.25) is 19.6 Å². The molecule has 0 bridgehead atoms. The largest absolute Gasteiger partial charge is 0.455 e. The van der Waals surface area contributed by atoms with Crippen LogP contribution in [0.2, 0.25) is 15.1 Å². The predicted octanol–water partition coefficient (Wildman–Crippen LogP) is 6.35. The number of carbonyl (C=O) groups excluding carboxylic acids is 1. The number of rotatable bonds is 5. The lowest BCUT2D eigenvalue weighted by Gasteiger charge is -2.10. The lowest BCUT2D eigenvalue weighted by atomic mass is 10.2. The summed E-state index contributed by atoms with van der Waals surface area (Å²) in [6.07, 6.45) is -4.85. The molecule has 3 rings (SSSR count). The van der Waals surface area contributed by atoms with E-state index in [0.717, 1.165) is 19.2 Å². The predicted molar refractivity (Wildman–Crippen MR) is 111 cm³/mol. The van der Waals surface area contributed by atoms with Crippen LogP contribution in [0.15, 0.2) is 36.4 Å². The number of anilines is 1. The number of amides is 1. The van der Waals surface area contributed by atoms with Crippen LogP contribution in [0.3, 0.4) is 0 Å². The zero-order chi connectivity index (χ0) is 23.8. The number of non-ortho nitro benzene ring substituents is 1. The van der Waals surface area contributed by atoms with Crippen molar-refractivity contribution in [2.24, 2.45) is 7.05 Å². The van der Waals surface area contributed by atoms with Gasteiger partial charge in [-0.2, -0.15) is 18.3 Å². The third-order valence-corrected chi connectivity index (χ3v) is 4.84. The maximum absolute atomic E-state index is 13.1. The van der Waals surface area contributed by atoms with Gasteiger partial charge in [-0.25, -0.2) is 0 Å². The summed E-state index contributed by atoms with van der Waals surface area (Å²) in [4.78, 5) is 23.0. The number of nitrogens with zero attached hydrogens (tertiary/aromatic N) is 3. The Morgan fingerprint density at radius 3 is 2.44 bits per heavy atom. The molecular weight excluding hydrogens is 500 g/mol. The lowest BCUT2D eigenvalue weighted by Crippen LogP contribution is -2.13. The zero-order valence-corrected chi connectivity index (χ0v) is 18.0. The van der Waals surface area contributed by atoms with Gasteiger partial charge in [-0.05, 0) is 18.2 Å². The number of hydrogen-bond donors (Lipinski definition) is 1. The molecule has 1 N–H and O–H groups in total. The SMILES string of the molecule is Cn1nc(C(=O)Nc2cc(Oc3ccc(Cl)cc3Cl)cc([N+](=O)[O-])c2)c(Cl)c1C(F)(F)F. The molecule has 0 spiro atoms. The van der Waals surface area contributed by atoms with Gasteiger partial charge in [0, 0.05) is 24.2 Å². The molecule has 3 aromatic rings. The molecule has 2 aromatic carbocycles. The van der Waals surface area contributed by atoms with Gasteiger partial charge < -0.3 is 10.1 Å². The maximum atomic E-state index is 13.1. The summed E-state index contributed by atoms with van der Waals surface area (Å²) in [6.45, 7) is 0. The number of benzene rings is 2. The molecule has 168 valence electrons. The number of nitro benzene ring substituents is 1. The molecule has 0 aliphatic heterocycles. The van der Waals surface area contributed by atoms with Crippen molar-refractivity contribution >= 4 is 52.1 Å². The second-order valence-electron chi connectivity index (χ2n) is 6.24. The van der Waals surface area contributed by atoms with E-state index in [1.165, 1.54) is 24.3 Å². The highest BCUT2D eigenvalue weighted by Crippen LogP contribution is 2.37. The van der Waals surface area contributed by atoms with E-state index < -0.39 is 39.1 Å². The monoisotopic (exact) mass is 508 g/mol. The van der Waals surface area contributed by atoms with Crippen molar-refractivity contribution in [3.8, 4) is 11.5 Å². The Bertz CT molecular complexity index is 1230. The van der Waals surface area contributed by atoms with Crippen molar-refractivity contribution in [3.63, 3.8) is 0 Å². The summed E-state index contributed by atoms with van der Waals surface area (Å²) in [5.41, 5.74) is -2.65. The number of aryl methyl sites for hydroxylation is 1. The molecule has 0 unspecified atom stereocenters. The minimum atomic E-state index is -4.85. The average molecular weight is 510 g/mol. The Balaban J connectivity index is 1.94. The van der Waals surface area contributed by atoms with Crippen LogP contribution in [-0.2, 0) is 13.2 Å². The van der Waals surface area contributed by atoms with E-state index in [1.54, 1.807) is 0 Å². The van der Waals surface area contributed by atoms with Crippen LogP contribution in [-0.4, -0.2) is 20.6 Å². The molecule has 0 radical (unpaired) electrons. The van der Waals surface area contributed by atoms with Gasteiger partial charge in [0.2, 0.25) is 0 Å². The van der Waals surface area contributed by atoms with Crippen LogP contribution in [0.5, 0.6) is 11.5 Å². The van der Waals surface area contributed by atoms with Crippen LogP contribution in [0.1, 0.15) is 16.2 Å². The second-order valence-corrected chi connectivity index (χ2v) is 7.46. The minimum absolute atomic E-state index is 0.0816. The van der Waals surface area contributed by atoms with Gasteiger partial charge in [0.15, 0.2) is 11.4 Å². The molecule has 1 amide bonds. The number of nitrogens with one attached hydrogen (secondary N) is 1. The molecule has 0 fully saturated rings. The van der Waals surface area contributed by atoms with Crippen molar-refractivity contribution in [3.05, 3.63) is 73.0 Å². The number of ether oxygens (including phenoxy) is 1. The van der Waals surface area contributed by atoms with Crippen LogP contribution >= 0.6 is 34.8 Å². The van der Waals surface area contributed by atoms with E-state index in [0.29, 0.717) is 9.70 Å². The first kappa shape index (κ1) is 23.6. The third-order valence-electron chi connectivity index (χ3n) is 3.95. The molecule has 0 saturated heterocycles. The number of carbonyl (C=O) groups is 1. The van der Waals surface area contributed by atoms with Crippen molar-refractivity contribution in [1.29, 1.82) is 0 Å². The second kappa shape index (κ2) is 8.85. The summed E-state index contributed by atoms with van der Waals surface area (Å²) in [5, 5.41) is 16.5. The first-order valence-corrected chi connectivity index (χ1v) is 9.53. The molecule has 0 atom stereocenters. The van der Waals surface area contributed by atoms with Crippen LogP contribution in [0, 0.1) is 10.1 Å². The Labute approximate surface area is 192 Å².